The second kappa shape index (κ2) is 7.59. The molecule has 0 spiro atoms. The van der Waals surface area contributed by atoms with Crippen molar-refractivity contribution in [3.8, 4) is 5.69 Å². The highest BCUT2D eigenvalue weighted by molar-refractivity contribution is 6.04. The first-order valence-electron chi connectivity index (χ1n) is 9.09. The molecule has 0 aliphatic heterocycles. The molecule has 30 heavy (non-hydrogen) atoms. The monoisotopic (exact) mass is 400 g/mol. The third-order valence-corrected chi connectivity index (χ3v) is 4.65. The summed E-state index contributed by atoms with van der Waals surface area (Å²) in [7, 11) is 0. The molecule has 8 heteroatoms. The Balaban J connectivity index is 1.63. The Kier molecular flexibility index (Phi) is 4.81. The van der Waals surface area contributed by atoms with E-state index in [2.05, 4.69) is 10.3 Å². The maximum Gasteiger partial charge on any atom is 0.271 e. The highest BCUT2D eigenvalue weighted by Crippen LogP contribution is 2.19. The van der Waals surface area contributed by atoms with Crippen molar-refractivity contribution in [3.63, 3.8) is 0 Å². The van der Waals surface area contributed by atoms with Gasteiger partial charge in [0.25, 0.3) is 17.2 Å². The lowest BCUT2D eigenvalue weighted by Gasteiger charge is -2.11. The maximum atomic E-state index is 12.9. The summed E-state index contributed by atoms with van der Waals surface area (Å²) in [6, 6.07) is 19.3. The van der Waals surface area contributed by atoms with E-state index in [0.29, 0.717) is 33.7 Å². The first-order chi connectivity index (χ1) is 14.4. The Labute approximate surface area is 170 Å². The van der Waals surface area contributed by atoms with Crippen molar-refractivity contribution in [3.05, 3.63) is 105 Å². The van der Waals surface area contributed by atoms with Gasteiger partial charge in [-0.2, -0.15) is 0 Å². The lowest BCUT2D eigenvalue weighted by molar-refractivity contribution is -0.384. The van der Waals surface area contributed by atoms with Crippen molar-refractivity contribution in [2.75, 3.05) is 5.32 Å². The molecule has 0 aliphatic rings. The van der Waals surface area contributed by atoms with Crippen LogP contribution in [0.25, 0.3) is 16.6 Å². The molecular weight excluding hydrogens is 384 g/mol. The predicted molar refractivity (Wildman–Crippen MR) is 113 cm³/mol. The minimum Gasteiger partial charge on any atom is -0.322 e. The van der Waals surface area contributed by atoms with E-state index in [1.807, 2.05) is 6.07 Å². The van der Waals surface area contributed by atoms with Crippen LogP contribution < -0.4 is 10.9 Å². The van der Waals surface area contributed by atoms with E-state index in [0.717, 1.165) is 0 Å². The zero-order valence-corrected chi connectivity index (χ0v) is 15.9. The van der Waals surface area contributed by atoms with Crippen LogP contribution in [0.2, 0.25) is 0 Å². The van der Waals surface area contributed by atoms with Gasteiger partial charge in [0.2, 0.25) is 0 Å². The summed E-state index contributed by atoms with van der Waals surface area (Å²) in [5.41, 5.74) is 1.59. The molecule has 0 bridgehead atoms. The number of carbonyl (C=O) groups excluding carboxylic acids is 1. The number of anilines is 1. The zero-order chi connectivity index (χ0) is 21.3. The van der Waals surface area contributed by atoms with Crippen LogP contribution in [0.3, 0.4) is 0 Å². The number of amides is 1. The standard InChI is InChI=1S/C22H16N4O4/c1-14-23-20-8-3-2-7-19(20)22(28)25(14)17-11-9-15(10-12-17)21(27)24-16-5-4-6-18(13-16)26(29)30/h2-13H,1H3,(H,24,27). The lowest BCUT2D eigenvalue weighted by Crippen LogP contribution is -2.22. The van der Waals surface area contributed by atoms with E-state index < -0.39 is 10.8 Å². The van der Waals surface area contributed by atoms with E-state index in [1.54, 1.807) is 55.5 Å². The Bertz CT molecular complexity index is 1340. The summed E-state index contributed by atoms with van der Waals surface area (Å²) >= 11 is 0. The number of nitrogens with one attached hydrogen (secondary N) is 1. The number of nitro benzene ring substituents is 1. The normalized spacial score (nSPS) is 10.7. The number of nitrogens with zero attached hydrogens (tertiary/aromatic N) is 3. The number of aromatic nitrogens is 2. The van der Waals surface area contributed by atoms with E-state index in [9.17, 15) is 19.7 Å². The highest BCUT2D eigenvalue weighted by Gasteiger charge is 2.12. The van der Waals surface area contributed by atoms with E-state index >= 15 is 0 Å². The van der Waals surface area contributed by atoms with Gasteiger partial charge in [0.05, 0.1) is 21.5 Å². The molecule has 0 aliphatic carbocycles. The first-order valence-corrected chi connectivity index (χ1v) is 9.09. The molecule has 0 saturated carbocycles. The zero-order valence-electron chi connectivity index (χ0n) is 15.9. The van der Waals surface area contributed by atoms with Crippen LogP contribution in [-0.2, 0) is 0 Å². The third kappa shape index (κ3) is 3.53. The summed E-state index contributed by atoms with van der Waals surface area (Å²) in [6.45, 7) is 1.75. The van der Waals surface area contributed by atoms with Crippen LogP contribution in [0.1, 0.15) is 16.2 Å². The molecule has 8 nitrogen and oxygen atoms in total. The number of hydrogen-bond donors (Lipinski definition) is 1. The Morgan fingerprint density at radius 1 is 1.03 bits per heavy atom. The van der Waals surface area contributed by atoms with Gasteiger partial charge in [0.15, 0.2) is 0 Å². The number of non-ortho nitro benzene ring substituents is 1. The van der Waals surface area contributed by atoms with Crippen LogP contribution in [0.15, 0.2) is 77.6 Å². The number of hydrogen-bond acceptors (Lipinski definition) is 5. The number of benzene rings is 3. The molecule has 0 unspecified atom stereocenters. The van der Waals surface area contributed by atoms with Gasteiger partial charge in [0, 0.05) is 23.4 Å². The number of rotatable bonds is 4. The fourth-order valence-corrected chi connectivity index (χ4v) is 3.21. The number of aryl methyl sites for hydroxylation is 1. The molecule has 1 N–H and O–H groups in total. The molecule has 4 rings (SSSR count). The molecular formula is C22H16N4O4. The third-order valence-electron chi connectivity index (χ3n) is 4.65. The SMILES string of the molecule is Cc1nc2ccccc2c(=O)n1-c1ccc(C(=O)Nc2cccc([N+](=O)[O-])c2)cc1. The van der Waals surface area contributed by atoms with Gasteiger partial charge in [-0.05, 0) is 49.4 Å². The average Bonchev–Trinajstić information content (AvgIpc) is 2.74. The maximum absolute atomic E-state index is 12.9. The number of carbonyl (C=O) groups is 1. The van der Waals surface area contributed by atoms with Crippen LogP contribution in [-0.4, -0.2) is 20.4 Å². The summed E-state index contributed by atoms with van der Waals surface area (Å²) in [5.74, 6) is 0.121. The topological polar surface area (TPSA) is 107 Å². The van der Waals surface area contributed by atoms with Crippen LogP contribution >= 0.6 is 0 Å². The molecule has 0 saturated heterocycles. The molecule has 0 fully saturated rings. The van der Waals surface area contributed by atoms with Gasteiger partial charge >= 0.3 is 0 Å². The Morgan fingerprint density at radius 3 is 2.50 bits per heavy atom. The van der Waals surface area contributed by atoms with Crippen LogP contribution in [0, 0.1) is 17.0 Å². The van der Waals surface area contributed by atoms with Gasteiger partial charge in [0.1, 0.15) is 5.82 Å². The molecule has 4 aromatic rings. The summed E-state index contributed by atoms with van der Waals surface area (Å²) in [4.78, 5) is 40.2. The van der Waals surface area contributed by atoms with E-state index in [-0.39, 0.29) is 11.2 Å². The van der Waals surface area contributed by atoms with Gasteiger partial charge in [-0.25, -0.2) is 4.98 Å². The fourth-order valence-electron chi connectivity index (χ4n) is 3.21. The van der Waals surface area contributed by atoms with Crippen LogP contribution in [0.5, 0.6) is 0 Å². The highest BCUT2D eigenvalue weighted by atomic mass is 16.6. The number of nitro groups is 1. The molecule has 1 aromatic heterocycles. The molecule has 0 radical (unpaired) electrons. The van der Waals surface area contributed by atoms with E-state index in [4.69, 9.17) is 0 Å². The lowest BCUT2D eigenvalue weighted by atomic mass is 10.1. The smallest absolute Gasteiger partial charge is 0.271 e. The van der Waals surface area contributed by atoms with Gasteiger partial charge in [-0.15, -0.1) is 0 Å². The molecule has 3 aromatic carbocycles. The minimum absolute atomic E-state index is 0.109. The van der Waals surface area contributed by atoms with Gasteiger partial charge in [-0.1, -0.05) is 18.2 Å². The van der Waals surface area contributed by atoms with E-state index in [1.165, 1.54) is 22.8 Å². The second-order valence-electron chi connectivity index (χ2n) is 6.63. The largest absolute Gasteiger partial charge is 0.322 e. The van der Waals surface area contributed by atoms with Crippen molar-refractivity contribution in [2.45, 2.75) is 6.92 Å². The van der Waals surface area contributed by atoms with Crippen molar-refractivity contribution in [1.29, 1.82) is 0 Å². The van der Waals surface area contributed by atoms with Crippen molar-refractivity contribution in [2.24, 2.45) is 0 Å². The van der Waals surface area contributed by atoms with Gasteiger partial charge < -0.3 is 5.32 Å². The number of para-hydroxylation sites is 1. The minimum atomic E-state index is -0.526. The predicted octanol–water partition coefficient (Wildman–Crippen LogP) is 3.85. The van der Waals surface area contributed by atoms with Gasteiger partial charge in [-0.3, -0.25) is 24.3 Å². The average molecular weight is 400 g/mol. The second-order valence-corrected chi connectivity index (χ2v) is 6.63. The molecule has 1 heterocycles. The summed E-state index contributed by atoms with van der Waals surface area (Å²) < 4.78 is 1.49. The molecule has 0 atom stereocenters. The fraction of sp³-hybridized carbons (Fsp3) is 0.0455. The molecule has 1 amide bonds. The van der Waals surface area contributed by atoms with Crippen molar-refractivity contribution in [1.82, 2.24) is 9.55 Å². The summed E-state index contributed by atoms with van der Waals surface area (Å²) in [5, 5.41) is 14.0. The Morgan fingerprint density at radius 2 is 1.77 bits per heavy atom. The quantitative estimate of drug-likeness (QED) is 0.413. The first kappa shape index (κ1) is 19.0. The summed E-state index contributed by atoms with van der Waals surface area (Å²) in [6.07, 6.45) is 0. The van der Waals surface area contributed by atoms with Crippen LogP contribution in [0.4, 0.5) is 11.4 Å². The van der Waals surface area contributed by atoms with Crippen molar-refractivity contribution < 1.29 is 9.72 Å². The number of fused-ring (bicyclic) bond motifs is 1. The molecule has 148 valence electrons. The van der Waals surface area contributed by atoms with Crippen molar-refractivity contribution >= 4 is 28.2 Å². The Hall–Kier alpha value is -4.33.